The van der Waals surface area contributed by atoms with Gasteiger partial charge in [0, 0.05) is 17.4 Å². The highest BCUT2D eigenvalue weighted by Crippen LogP contribution is 2.64. The molecule has 1 saturated carbocycles. The number of carbonyl (C=O) groups excluding carboxylic acids is 4. The highest BCUT2D eigenvalue weighted by atomic mass is 16.5. The van der Waals surface area contributed by atoms with Gasteiger partial charge in [0.05, 0.1) is 30.9 Å². The standard InChI is InChI=1S/C42H35NO6/c1-49-35-20-17-27(21-34(35)44)38-29-18-19-30-37(41(48)43(40(30)47)24-25-11-5-2-6-12-25)32(29)22-33-39(46)31(26-13-7-3-8-14-26)23-36(45)42(33,38)28-15-9-4-10-16-28/h2-18,20-21,23,30,32-33,37-38,44H,19,22,24H2,1H3. The summed E-state index contributed by atoms with van der Waals surface area (Å²) in [6, 6.07) is 33.2. The lowest BCUT2D eigenvalue weighted by Crippen LogP contribution is -2.58. The normalized spacial score (nSPS) is 27.5. The van der Waals surface area contributed by atoms with Crippen LogP contribution in [-0.4, -0.2) is 40.5 Å². The van der Waals surface area contributed by atoms with Gasteiger partial charge in [-0.15, -0.1) is 0 Å². The lowest BCUT2D eigenvalue weighted by atomic mass is 9.44. The summed E-state index contributed by atoms with van der Waals surface area (Å²) in [6.07, 6.45) is 4.10. The molecular formula is C42H35NO6. The number of rotatable bonds is 6. The van der Waals surface area contributed by atoms with Crippen molar-refractivity contribution in [2.24, 2.45) is 23.7 Å². The second-order valence-corrected chi connectivity index (χ2v) is 13.5. The summed E-state index contributed by atoms with van der Waals surface area (Å²) >= 11 is 0. The molecule has 4 aliphatic rings. The highest BCUT2D eigenvalue weighted by molar-refractivity contribution is 6.31. The zero-order chi connectivity index (χ0) is 33.9. The van der Waals surface area contributed by atoms with E-state index in [-0.39, 0.29) is 47.8 Å². The van der Waals surface area contributed by atoms with E-state index in [4.69, 9.17) is 4.74 Å². The van der Waals surface area contributed by atoms with Gasteiger partial charge >= 0.3 is 0 Å². The van der Waals surface area contributed by atoms with Gasteiger partial charge in [-0.3, -0.25) is 24.1 Å². The number of aromatic hydroxyl groups is 1. The van der Waals surface area contributed by atoms with Crippen molar-refractivity contribution in [2.75, 3.05) is 7.11 Å². The third-order valence-electron chi connectivity index (χ3n) is 11.2. The first kappa shape index (κ1) is 30.8. The third kappa shape index (κ3) is 4.63. The Morgan fingerprint density at radius 1 is 0.816 bits per heavy atom. The molecule has 4 aromatic rings. The van der Waals surface area contributed by atoms with Crippen molar-refractivity contribution in [1.82, 2.24) is 4.90 Å². The second kappa shape index (κ2) is 11.8. The number of likely N-dealkylation sites (tertiary alicyclic amines) is 1. The molecule has 1 heterocycles. The number of hydrogen-bond acceptors (Lipinski definition) is 6. The number of benzene rings is 4. The van der Waals surface area contributed by atoms with Crippen molar-refractivity contribution < 1.29 is 29.0 Å². The molecule has 7 nitrogen and oxygen atoms in total. The van der Waals surface area contributed by atoms with Crippen molar-refractivity contribution in [3.05, 3.63) is 149 Å². The summed E-state index contributed by atoms with van der Waals surface area (Å²) in [6.45, 7) is 0.180. The van der Waals surface area contributed by atoms with Crippen LogP contribution in [0.5, 0.6) is 11.5 Å². The molecule has 6 unspecified atom stereocenters. The Kier molecular flexibility index (Phi) is 7.43. The maximum atomic E-state index is 15.1. The van der Waals surface area contributed by atoms with Gasteiger partial charge < -0.3 is 9.84 Å². The lowest BCUT2D eigenvalue weighted by Gasteiger charge is -2.55. The van der Waals surface area contributed by atoms with Crippen LogP contribution in [0.2, 0.25) is 0 Å². The van der Waals surface area contributed by atoms with Crippen LogP contribution in [0.1, 0.15) is 41.0 Å². The Hall–Kier alpha value is -5.56. The van der Waals surface area contributed by atoms with Crippen LogP contribution in [0.3, 0.4) is 0 Å². The Labute approximate surface area is 284 Å². The van der Waals surface area contributed by atoms with E-state index >= 15 is 4.79 Å². The first-order chi connectivity index (χ1) is 23.8. The van der Waals surface area contributed by atoms with Crippen LogP contribution in [0, 0.1) is 23.7 Å². The fourth-order valence-electron chi connectivity index (χ4n) is 9.12. The van der Waals surface area contributed by atoms with Gasteiger partial charge in [-0.2, -0.15) is 0 Å². The van der Waals surface area contributed by atoms with Gasteiger partial charge in [0.2, 0.25) is 11.8 Å². The van der Waals surface area contributed by atoms with Crippen LogP contribution in [-0.2, 0) is 31.1 Å². The molecule has 0 bridgehead atoms. The van der Waals surface area contributed by atoms with Gasteiger partial charge in [0.15, 0.2) is 23.1 Å². The Morgan fingerprint density at radius 2 is 1.49 bits per heavy atom. The minimum absolute atomic E-state index is 0.0903. The number of phenolic OH excluding ortho intramolecular Hbond substituents is 1. The van der Waals surface area contributed by atoms with Crippen molar-refractivity contribution in [3.63, 3.8) is 0 Å². The number of imide groups is 1. The van der Waals surface area contributed by atoms with Gasteiger partial charge in [0.25, 0.3) is 0 Å². The first-order valence-electron chi connectivity index (χ1n) is 16.7. The summed E-state index contributed by atoms with van der Waals surface area (Å²) in [4.78, 5) is 59.7. The number of ether oxygens (including phenoxy) is 1. The minimum Gasteiger partial charge on any atom is -0.504 e. The molecule has 8 rings (SSSR count). The molecule has 49 heavy (non-hydrogen) atoms. The minimum atomic E-state index is -1.36. The van der Waals surface area contributed by atoms with Gasteiger partial charge in [-0.1, -0.05) is 109 Å². The summed E-state index contributed by atoms with van der Waals surface area (Å²) in [5, 5.41) is 11.1. The Balaban J connectivity index is 1.34. The molecule has 4 aromatic carbocycles. The fourth-order valence-corrected chi connectivity index (χ4v) is 9.12. The second-order valence-electron chi connectivity index (χ2n) is 13.5. The number of allylic oxidation sites excluding steroid dienone is 4. The molecule has 0 aromatic heterocycles. The van der Waals surface area contributed by atoms with Crippen molar-refractivity contribution in [1.29, 1.82) is 0 Å². The lowest BCUT2D eigenvalue weighted by molar-refractivity contribution is -0.141. The maximum absolute atomic E-state index is 15.1. The number of hydrogen-bond donors (Lipinski definition) is 1. The zero-order valence-electron chi connectivity index (χ0n) is 27.0. The van der Waals surface area contributed by atoms with E-state index in [2.05, 4.69) is 0 Å². The van der Waals surface area contributed by atoms with E-state index < -0.39 is 35.0 Å². The van der Waals surface area contributed by atoms with Crippen molar-refractivity contribution >= 4 is 29.0 Å². The molecule has 244 valence electrons. The van der Waals surface area contributed by atoms with Crippen LogP contribution < -0.4 is 4.74 Å². The van der Waals surface area contributed by atoms with E-state index in [1.165, 1.54) is 18.1 Å². The number of amides is 2. The highest BCUT2D eigenvalue weighted by Gasteiger charge is 2.65. The number of nitrogens with zero attached hydrogens (tertiary/aromatic N) is 1. The van der Waals surface area contributed by atoms with E-state index in [0.29, 0.717) is 28.7 Å². The summed E-state index contributed by atoms with van der Waals surface area (Å²) in [5.41, 5.74) is 2.69. The molecule has 6 atom stereocenters. The van der Waals surface area contributed by atoms with E-state index in [1.807, 2.05) is 103 Å². The van der Waals surface area contributed by atoms with Crippen molar-refractivity contribution in [3.8, 4) is 11.5 Å². The third-order valence-corrected chi connectivity index (χ3v) is 11.2. The summed E-state index contributed by atoms with van der Waals surface area (Å²) in [5.74, 6) is -3.88. The predicted molar refractivity (Wildman–Crippen MR) is 183 cm³/mol. The summed E-state index contributed by atoms with van der Waals surface area (Å²) < 4.78 is 5.37. The number of Topliss-reactive ketones (excluding diaryl/α,β-unsaturated/α-hetero) is 1. The number of methoxy groups -OCH3 is 1. The largest absolute Gasteiger partial charge is 0.504 e. The van der Waals surface area contributed by atoms with Gasteiger partial charge in [-0.05, 0) is 59.2 Å². The van der Waals surface area contributed by atoms with Crippen LogP contribution in [0.4, 0.5) is 0 Å². The molecule has 0 radical (unpaired) electrons. The molecule has 7 heteroatoms. The van der Waals surface area contributed by atoms with Crippen LogP contribution in [0.15, 0.2) is 127 Å². The van der Waals surface area contributed by atoms with Crippen LogP contribution >= 0.6 is 0 Å². The van der Waals surface area contributed by atoms with Gasteiger partial charge in [-0.25, -0.2) is 0 Å². The van der Waals surface area contributed by atoms with E-state index in [1.54, 1.807) is 12.1 Å². The maximum Gasteiger partial charge on any atom is 0.234 e. The predicted octanol–water partition coefficient (Wildman–Crippen LogP) is 6.43. The average molecular weight is 650 g/mol. The molecule has 1 aliphatic heterocycles. The smallest absolute Gasteiger partial charge is 0.234 e. The quantitative estimate of drug-likeness (QED) is 0.191. The molecule has 0 spiro atoms. The van der Waals surface area contributed by atoms with Gasteiger partial charge in [0.1, 0.15) is 0 Å². The molecule has 2 amide bonds. The van der Waals surface area contributed by atoms with Crippen LogP contribution in [0.25, 0.3) is 5.57 Å². The number of carbonyl (C=O) groups is 4. The number of phenols is 1. The number of ketones is 2. The Morgan fingerprint density at radius 3 is 2.16 bits per heavy atom. The average Bonchev–Trinajstić information content (AvgIpc) is 3.38. The first-order valence-corrected chi connectivity index (χ1v) is 16.7. The van der Waals surface area contributed by atoms with E-state index in [9.17, 15) is 19.5 Å². The monoisotopic (exact) mass is 649 g/mol. The molecule has 3 aliphatic carbocycles. The topological polar surface area (TPSA) is 101 Å². The fraction of sp³-hybridized carbons (Fsp3) is 0.238. The molecule has 1 saturated heterocycles. The van der Waals surface area contributed by atoms with Crippen molar-refractivity contribution in [2.45, 2.75) is 30.7 Å². The SMILES string of the molecule is COc1ccc(C2C3=CCC4C(=O)N(Cc5ccccc5)C(=O)C4C3CC3C(=O)C(c4ccccc4)=CC(=O)C32c2ccccc2)cc1O. The van der Waals surface area contributed by atoms with E-state index in [0.717, 1.165) is 11.1 Å². The Bertz CT molecular complexity index is 2050. The number of fused-ring (bicyclic) bond motifs is 4. The molecular weight excluding hydrogens is 614 g/mol. The zero-order valence-corrected chi connectivity index (χ0v) is 27.0. The molecule has 2 fully saturated rings. The molecule has 1 N–H and O–H groups in total. The summed E-state index contributed by atoms with van der Waals surface area (Å²) in [7, 11) is 1.47.